The van der Waals surface area contributed by atoms with E-state index in [1.54, 1.807) is 6.92 Å². The van der Waals surface area contributed by atoms with Crippen LogP contribution in [0.15, 0.2) is 21.4 Å². The molecule has 0 fully saturated rings. The Morgan fingerprint density at radius 1 is 1.53 bits per heavy atom. The van der Waals surface area contributed by atoms with E-state index in [-0.39, 0.29) is 18.1 Å². The fraction of sp³-hybridized carbons (Fsp3) is 0.222. The summed E-state index contributed by atoms with van der Waals surface area (Å²) in [6, 6.07) is 0. The number of nitrogens with zero attached hydrogens (tertiary/aromatic N) is 2. The first-order chi connectivity index (χ1) is 7.16. The van der Waals surface area contributed by atoms with Crippen LogP contribution < -0.4 is 0 Å². The molecule has 0 atom stereocenters. The minimum Gasteiger partial charge on any atom is -0.481 e. The fourth-order valence-corrected chi connectivity index (χ4v) is 1.15. The smallest absolute Gasteiger partial charge is 0.311 e. The molecule has 0 radical (unpaired) electrons. The fourth-order valence-electron chi connectivity index (χ4n) is 1.15. The van der Waals surface area contributed by atoms with Gasteiger partial charge in [-0.3, -0.25) is 4.79 Å². The van der Waals surface area contributed by atoms with E-state index in [4.69, 9.17) is 13.9 Å². The van der Waals surface area contributed by atoms with E-state index in [2.05, 4.69) is 9.97 Å². The van der Waals surface area contributed by atoms with Crippen molar-refractivity contribution >= 4 is 5.97 Å². The molecular weight excluding hydrogens is 200 g/mol. The van der Waals surface area contributed by atoms with Crippen LogP contribution in [0.5, 0.6) is 0 Å². The number of carboxylic acid groups (broad SMARTS) is 1. The molecule has 2 aromatic heterocycles. The van der Waals surface area contributed by atoms with E-state index in [0.29, 0.717) is 11.5 Å². The van der Waals surface area contributed by atoms with Gasteiger partial charge in [0.1, 0.15) is 12.2 Å². The van der Waals surface area contributed by atoms with Gasteiger partial charge in [0.2, 0.25) is 5.76 Å². The molecule has 2 rings (SSSR count). The molecule has 0 saturated heterocycles. The molecule has 6 nitrogen and oxygen atoms in total. The third kappa shape index (κ3) is 1.88. The lowest BCUT2D eigenvalue weighted by Gasteiger charge is -1.90. The van der Waals surface area contributed by atoms with E-state index in [1.807, 2.05) is 0 Å². The third-order valence-corrected chi connectivity index (χ3v) is 1.82. The molecule has 0 aliphatic carbocycles. The predicted molar refractivity (Wildman–Crippen MR) is 48.1 cm³/mol. The highest BCUT2D eigenvalue weighted by molar-refractivity contribution is 5.69. The van der Waals surface area contributed by atoms with Crippen molar-refractivity contribution in [2.24, 2.45) is 0 Å². The third-order valence-electron chi connectivity index (χ3n) is 1.82. The molecule has 0 aliphatic heterocycles. The van der Waals surface area contributed by atoms with E-state index >= 15 is 0 Å². The first-order valence-electron chi connectivity index (χ1n) is 4.24. The van der Waals surface area contributed by atoms with E-state index in [1.165, 1.54) is 12.6 Å². The minimum atomic E-state index is -0.966. The number of carboxylic acids is 1. The molecule has 6 heteroatoms. The molecule has 0 bridgehead atoms. The SMILES string of the molecule is Cc1ncoc1-c1ncc(CC(=O)O)o1. The number of carbonyl (C=O) groups is 1. The van der Waals surface area contributed by atoms with Crippen LogP contribution in [0.2, 0.25) is 0 Å². The number of hydrogen-bond acceptors (Lipinski definition) is 5. The zero-order valence-electron chi connectivity index (χ0n) is 7.93. The van der Waals surface area contributed by atoms with Crippen molar-refractivity contribution in [3.8, 4) is 11.7 Å². The van der Waals surface area contributed by atoms with Crippen molar-refractivity contribution in [2.75, 3.05) is 0 Å². The van der Waals surface area contributed by atoms with Crippen molar-refractivity contribution in [3.05, 3.63) is 24.0 Å². The van der Waals surface area contributed by atoms with Gasteiger partial charge < -0.3 is 13.9 Å². The van der Waals surface area contributed by atoms with Crippen LogP contribution in [-0.4, -0.2) is 21.0 Å². The van der Waals surface area contributed by atoms with Crippen LogP contribution in [0.3, 0.4) is 0 Å². The van der Waals surface area contributed by atoms with Gasteiger partial charge >= 0.3 is 5.97 Å². The Labute approximate surface area is 84.6 Å². The summed E-state index contributed by atoms with van der Waals surface area (Å²) in [6.45, 7) is 1.75. The Kier molecular flexibility index (Phi) is 2.24. The van der Waals surface area contributed by atoms with Crippen LogP contribution in [0, 0.1) is 6.92 Å². The van der Waals surface area contributed by atoms with Crippen LogP contribution in [-0.2, 0) is 11.2 Å². The van der Waals surface area contributed by atoms with Gasteiger partial charge in [0.15, 0.2) is 6.39 Å². The van der Waals surface area contributed by atoms with Crippen molar-refractivity contribution in [1.29, 1.82) is 0 Å². The normalized spacial score (nSPS) is 10.5. The maximum absolute atomic E-state index is 10.4. The number of hydrogen-bond donors (Lipinski definition) is 1. The van der Waals surface area contributed by atoms with Crippen LogP contribution in [0.1, 0.15) is 11.5 Å². The molecule has 2 heterocycles. The first-order valence-corrected chi connectivity index (χ1v) is 4.24. The zero-order chi connectivity index (χ0) is 10.8. The summed E-state index contributed by atoms with van der Waals surface area (Å²) in [5.41, 5.74) is 0.652. The van der Waals surface area contributed by atoms with Gasteiger partial charge in [0, 0.05) is 0 Å². The number of aryl methyl sites for hydroxylation is 1. The van der Waals surface area contributed by atoms with Gasteiger partial charge in [-0.05, 0) is 6.92 Å². The molecule has 0 saturated carbocycles. The average Bonchev–Trinajstić information content (AvgIpc) is 2.72. The summed E-state index contributed by atoms with van der Waals surface area (Å²) in [5.74, 6) is -0.00631. The number of aliphatic carboxylic acids is 1. The summed E-state index contributed by atoms with van der Waals surface area (Å²) in [7, 11) is 0. The van der Waals surface area contributed by atoms with Crippen molar-refractivity contribution in [2.45, 2.75) is 13.3 Å². The first kappa shape index (κ1) is 9.45. The lowest BCUT2D eigenvalue weighted by Crippen LogP contribution is -1.97. The highest BCUT2D eigenvalue weighted by atomic mass is 16.4. The summed E-state index contributed by atoms with van der Waals surface area (Å²) in [6.07, 6.45) is 2.46. The maximum Gasteiger partial charge on any atom is 0.311 e. The van der Waals surface area contributed by atoms with Gasteiger partial charge in [0.25, 0.3) is 5.89 Å². The molecule has 0 unspecified atom stereocenters. The summed E-state index contributed by atoms with van der Waals surface area (Å²) in [5, 5.41) is 8.54. The van der Waals surface area contributed by atoms with Crippen LogP contribution >= 0.6 is 0 Å². The number of oxazole rings is 2. The van der Waals surface area contributed by atoms with Crippen molar-refractivity contribution in [1.82, 2.24) is 9.97 Å². The van der Waals surface area contributed by atoms with Crippen LogP contribution in [0.4, 0.5) is 0 Å². The monoisotopic (exact) mass is 208 g/mol. The average molecular weight is 208 g/mol. The van der Waals surface area contributed by atoms with E-state index < -0.39 is 5.97 Å². The maximum atomic E-state index is 10.4. The lowest BCUT2D eigenvalue weighted by atomic mass is 10.4. The standard InChI is InChI=1S/C9H8N2O4/c1-5-8(14-4-11-5)9-10-3-6(15-9)2-7(12)13/h3-4H,2H2,1H3,(H,12,13). The molecule has 15 heavy (non-hydrogen) atoms. The highest BCUT2D eigenvalue weighted by Crippen LogP contribution is 2.21. The molecule has 0 spiro atoms. The Morgan fingerprint density at radius 2 is 2.33 bits per heavy atom. The van der Waals surface area contributed by atoms with Gasteiger partial charge in [-0.25, -0.2) is 9.97 Å². The molecule has 0 amide bonds. The van der Waals surface area contributed by atoms with E-state index in [0.717, 1.165) is 0 Å². The second-order valence-electron chi connectivity index (χ2n) is 2.97. The molecule has 0 aromatic carbocycles. The molecular formula is C9H8N2O4. The topological polar surface area (TPSA) is 89.4 Å². The van der Waals surface area contributed by atoms with Crippen LogP contribution in [0.25, 0.3) is 11.7 Å². The van der Waals surface area contributed by atoms with Crippen molar-refractivity contribution in [3.63, 3.8) is 0 Å². The Bertz CT molecular complexity index is 486. The zero-order valence-corrected chi connectivity index (χ0v) is 7.93. The lowest BCUT2D eigenvalue weighted by molar-refractivity contribution is -0.136. The largest absolute Gasteiger partial charge is 0.481 e. The Balaban J connectivity index is 2.28. The predicted octanol–water partition coefficient (Wildman–Crippen LogP) is 1.27. The minimum absolute atomic E-state index is 0.194. The number of rotatable bonds is 3. The molecule has 78 valence electrons. The Morgan fingerprint density at radius 3 is 2.93 bits per heavy atom. The highest BCUT2D eigenvalue weighted by Gasteiger charge is 2.14. The van der Waals surface area contributed by atoms with Gasteiger partial charge in [0.05, 0.1) is 11.9 Å². The van der Waals surface area contributed by atoms with E-state index in [9.17, 15) is 4.79 Å². The van der Waals surface area contributed by atoms with Gasteiger partial charge in [-0.2, -0.15) is 0 Å². The summed E-state index contributed by atoms with van der Waals surface area (Å²) >= 11 is 0. The molecule has 2 aromatic rings. The summed E-state index contributed by atoms with van der Waals surface area (Å²) < 4.78 is 10.2. The van der Waals surface area contributed by atoms with Crippen molar-refractivity contribution < 1.29 is 18.7 Å². The second kappa shape index (κ2) is 3.56. The second-order valence-corrected chi connectivity index (χ2v) is 2.97. The molecule has 0 aliphatic rings. The summed E-state index contributed by atoms with van der Waals surface area (Å²) in [4.78, 5) is 18.2. The number of aromatic nitrogens is 2. The van der Waals surface area contributed by atoms with Gasteiger partial charge in [-0.15, -0.1) is 0 Å². The molecule has 1 N–H and O–H groups in total. The van der Waals surface area contributed by atoms with Gasteiger partial charge in [-0.1, -0.05) is 0 Å². The Hall–Kier alpha value is -2.11. The quantitative estimate of drug-likeness (QED) is 0.816.